The Kier molecular flexibility index (Phi) is 5.49. The average molecular weight is 395 g/mol. The maximum Gasteiger partial charge on any atom is 0.240 e. The van der Waals surface area contributed by atoms with Gasteiger partial charge >= 0.3 is 0 Å². The minimum absolute atomic E-state index is 0.00964. The summed E-state index contributed by atoms with van der Waals surface area (Å²) >= 11 is 0. The first kappa shape index (κ1) is 19.1. The first-order valence-electron chi connectivity index (χ1n) is 9.79. The summed E-state index contributed by atoms with van der Waals surface area (Å²) in [6.07, 6.45) is 1.66. The number of rotatable bonds is 5. The Bertz CT molecular complexity index is 1070. The number of nitrogens with one attached hydrogen (secondary N) is 1. The minimum atomic E-state index is -3.50. The number of hydrogen-bond acceptors (Lipinski definition) is 3. The molecule has 0 aliphatic carbocycles. The molecule has 0 bridgehead atoms. The molecule has 1 saturated heterocycles. The number of benzene rings is 3. The smallest absolute Gasteiger partial charge is 0.240 e. The van der Waals surface area contributed by atoms with Crippen LogP contribution >= 0.6 is 0 Å². The number of likely N-dealkylation sites (tertiary alicyclic amines) is 1. The van der Waals surface area contributed by atoms with Gasteiger partial charge in [0, 0.05) is 25.7 Å². The van der Waals surface area contributed by atoms with E-state index >= 15 is 0 Å². The third-order valence-electron chi connectivity index (χ3n) is 5.60. The molecule has 5 heteroatoms. The van der Waals surface area contributed by atoms with E-state index in [0.29, 0.717) is 4.90 Å². The highest BCUT2D eigenvalue weighted by Gasteiger charge is 2.25. The predicted molar refractivity (Wildman–Crippen MR) is 114 cm³/mol. The fourth-order valence-corrected chi connectivity index (χ4v) is 5.20. The number of nitrogens with zero attached hydrogens (tertiary/aromatic N) is 1. The van der Waals surface area contributed by atoms with Crippen molar-refractivity contribution in [1.82, 2.24) is 9.62 Å². The first-order valence-corrected chi connectivity index (χ1v) is 11.3. The fourth-order valence-electron chi connectivity index (χ4n) is 3.86. The molecule has 3 aromatic rings. The molecule has 0 saturated carbocycles. The van der Waals surface area contributed by atoms with Gasteiger partial charge in [-0.1, -0.05) is 54.6 Å². The van der Waals surface area contributed by atoms with Gasteiger partial charge in [-0.15, -0.1) is 0 Å². The van der Waals surface area contributed by atoms with Crippen molar-refractivity contribution in [1.29, 1.82) is 0 Å². The zero-order valence-corrected chi connectivity index (χ0v) is 17.0. The molecule has 0 radical (unpaired) electrons. The topological polar surface area (TPSA) is 49.4 Å². The number of piperidine rings is 1. The summed E-state index contributed by atoms with van der Waals surface area (Å²) in [5.74, 6) is 0. The van der Waals surface area contributed by atoms with E-state index in [4.69, 9.17) is 0 Å². The van der Waals surface area contributed by atoms with E-state index in [0.717, 1.165) is 43.2 Å². The lowest BCUT2D eigenvalue weighted by Crippen LogP contribution is -2.44. The van der Waals surface area contributed by atoms with Crippen LogP contribution < -0.4 is 4.72 Å². The molecule has 1 fully saturated rings. The maximum absolute atomic E-state index is 12.8. The van der Waals surface area contributed by atoms with Crippen molar-refractivity contribution < 1.29 is 8.42 Å². The van der Waals surface area contributed by atoms with Gasteiger partial charge in [-0.3, -0.25) is 4.90 Å². The Hall–Kier alpha value is -2.21. The molecule has 28 heavy (non-hydrogen) atoms. The highest BCUT2D eigenvalue weighted by Crippen LogP contribution is 2.21. The van der Waals surface area contributed by atoms with Crippen LogP contribution in [0.3, 0.4) is 0 Å². The van der Waals surface area contributed by atoms with Gasteiger partial charge < -0.3 is 0 Å². The molecule has 0 amide bonds. The van der Waals surface area contributed by atoms with Crippen molar-refractivity contribution in [2.75, 3.05) is 13.1 Å². The molecule has 0 atom stereocenters. The van der Waals surface area contributed by atoms with Crippen LogP contribution in [0, 0.1) is 6.92 Å². The number of sulfonamides is 1. The van der Waals surface area contributed by atoms with Crippen molar-refractivity contribution in [2.24, 2.45) is 0 Å². The summed E-state index contributed by atoms with van der Waals surface area (Å²) in [6.45, 7) is 4.87. The third kappa shape index (κ3) is 4.27. The van der Waals surface area contributed by atoms with Crippen LogP contribution in [0.4, 0.5) is 0 Å². The highest BCUT2D eigenvalue weighted by molar-refractivity contribution is 7.89. The summed E-state index contributed by atoms with van der Waals surface area (Å²) in [5, 5.41) is 1.99. The first-order chi connectivity index (χ1) is 13.5. The summed E-state index contributed by atoms with van der Waals surface area (Å²) in [4.78, 5) is 2.75. The molecule has 146 valence electrons. The van der Waals surface area contributed by atoms with Crippen LogP contribution in [-0.2, 0) is 16.6 Å². The number of hydrogen-bond donors (Lipinski definition) is 1. The van der Waals surface area contributed by atoms with E-state index in [-0.39, 0.29) is 6.04 Å². The van der Waals surface area contributed by atoms with E-state index in [2.05, 4.69) is 40.8 Å². The zero-order valence-electron chi connectivity index (χ0n) is 16.1. The summed E-state index contributed by atoms with van der Waals surface area (Å²) in [6, 6.07) is 21.6. The van der Waals surface area contributed by atoms with Crippen molar-refractivity contribution in [3.8, 4) is 0 Å². The largest absolute Gasteiger partial charge is 0.299 e. The van der Waals surface area contributed by atoms with Crippen LogP contribution in [0.25, 0.3) is 10.8 Å². The molecule has 0 aromatic heterocycles. The molecule has 4 nitrogen and oxygen atoms in total. The third-order valence-corrected chi connectivity index (χ3v) is 7.11. The summed E-state index contributed by atoms with van der Waals surface area (Å²) in [5.41, 5.74) is 2.65. The summed E-state index contributed by atoms with van der Waals surface area (Å²) < 4.78 is 28.6. The quantitative estimate of drug-likeness (QED) is 0.709. The standard InChI is InChI=1S/C23H26N2O2S/c1-18-6-2-3-9-21(18)17-25-14-12-22(13-15-25)24-28(26,27)23-11-10-19-7-4-5-8-20(19)16-23/h2-11,16,22,24H,12-15,17H2,1H3. The second-order valence-corrected chi connectivity index (χ2v) is 9.32. The van der Waals surface area contributed by atoms with Gasteiger partial charge in [-0.25, -0.2) is 13.1 Å². The Morgan fingerprint density at radius 2 is 1.61 bits per heavy atom. The van der Waals surface area contributed by atoms with E-state index < -0.39 is 10.0 Å². The van der Waals surface area contributed by atoms with Crippen LogP contribution in [0.2, 0.25) is 0 Å². The molecular formula is C23H26N2O2S. The van der Waals surface area contributed by atoms with E-state index in [1.807, 2.05) is 30.3 Å². The van der Waals surface area contributed by atoms with E-state index in [1.165, 1.54) is 11.1 Å². The molecule has 4 rings (SSSR count). The Balaban J connectivity index is 1.38. The second-order valence-electron chi connectivity index (χ2n) is 7.61. The van der Waals surface area contributed by atoms with Gasteiger partial charge in [0.25, 0.3) is 0 Å². The normalized spacial score (nSPS) is 16.5. The van der Waals surface area contributed by atoms with Crippen LogP contribution in [0.1, 0.15) is 24.0 Å². The molecule has 3 aromatic carbocycles. The lowest BCUT2D eigenvalue weighted by Gasteiger charge is -2.32. The van der Waals surface area contributed by atoms with Gasteiger partial charge in [0.1, 0.15) is 0 Å². The minimum Gasteiger partial charge on any atom is -0.299 e. The van der Waals surface area contributed by atoms with Crippen LogP contribution in [0.15, 0.2) is 71.6 Å². The molecule has 1 heterocycles. The van der Waals surface area contributed by atoms with Gasteiger partial charge in [0.15, 0.2) is 0 Å². The second kappa shape index (κ2) is 8.03. The van der Waals surface area contributed by atoms with Gasteiger partial charge in [0.2, 0.25) is 10.0 Å². The molecular weight excluding hydrogens is 368 g/mol. The van der Waals surface area contributed by atoms with Crippen LogP contribution in [-0.4, -0.2) is 32.4 Å². The fraction of sp³-hybridized carbons (Fsp3) is 0.304. The van der Waals surface area contributed by atoms with E-state index in [1.54, 1.807) is 12.1 Å². The summed E-state index contributed by atoms with van der Waals surface area (Å²) in [7, 11) is -3.50. The number of aryl methyl sites for hydroxylation is 1. The molecule has 1 N–H and O–H groups in total. The van der Waals surface area contributed by atoms with Gasteiger partial charge in [-0.05, 0) is 53.8 Å². The Morgan fingerprint density at radius 1 is 0.929 bits per heavy atom. The molecule has 1 aliphatic heterocycles. The van der Waals surface area contributed by atoms with Crippen molar-refractivity contribution in [2.45, 2.75) is 37.2 Å². The molecule has 1 aliphatic rings. The monoisotopic (exact) mass is 394 g/mol. The SMILES string of the molecule is Cc1ccccc1CN1CCC(NS(=O)(=O)c2ccc3ccccc3c2)CC1. The lowest BCUT2D eigenvalue weighted by molar-refractivity contribution is 0.199. The predicted octanol–water partition coefficient (Wildman–Crippen LogP) is 4.09. The van der Waals surface area contributed by atoms with Gasteiger partial charge in [0.05, 0.1) is 4.90 Å². The van der Waals surface area contributed by atoms with Crippen LogP contribution in [0.5, 0.6) is 0 Å². The number of fused-ring (bicyclic) bond motifs is 1. The van der Waals surface area contributed by atoms with Crippen molar-refractivity contribution in [3.05, 3.63) is 77.9 Å². The Labute approximate surface area is 167 Å². The highest BCUT2D eigenvalue weighted by atomic mass is 32.2. The van der Waals surface area contributed by atoms with E-state index in [9.17, 15) is 8.42 Å². The van der Waals surface area contributed by atoms with Crippen molar-refractivity contribution in [3.63, 3.8) is 0 Å². The Morgan fingerprint density at radius 3 is 2.36 bits per heavy atom. The lowest BCUT2D eigenvalue weighted by atomic mass is 10.0. The van der Waals surface area contributed by atoms with Crippen molar-refractivity contribution >= 4 is 20.8 Å². The van der Waals surface area contributed by atoms with Gasteiger partial charge in [-0.2, -0.15) is 0 Å². The average Bonchev–Trinajstić information content (AvgIpc) is 2.70. The molecule has 0 unspecified atom stereocenters. The zero-order chi connectivity index (χ0) is 19.6. The molecule has 0 spiro atoms. The maximum atomic E-state index is 12.8.